The Hall–Kier alpha value is -2.33. The van der Waals surface area contributed by atoms with Crippen molar-refractivity contribution in [1.82, 2.24) is 0 Å². The number of hydrogen-bond acceptors (Lipinski definition) is 2. The molecule has 0 aliphatic carbocycles. The number of nitrogens with zero attached hydrogens (tertiary/aromatic N) is 1. The molecule has 2 amide bonds. The number of hydrogen-bond donors (Lipinski definition) is 1. The Kier molecular flexibility index (Phi) is 5.62. The maximum absolute atomic E-state index is 12.7. The van der Waals surface area contributed by atoms with E-state index < -0.39 is 0 Å². The summed E-state index contributed by atoms with van der Waals surface area (Å²) in [6, 6.07) is 15.0. The van der Waals surface area contributed by atoms with Crippen LogP contribution in [0.1, 0.15) is 38.2 Å². The number of rotatable bonds is 5. The van der Waals surface area contributed by atoms with Gasteiger partial charge in [-0.1, -0.05) is 43.6 Å². The highest BCUT2D eigenvalue weighted by Crippen LogP contribution is 2.30. The summed E-state index contributed by atoms with van der Waals surface area (Å²) in [6.45, 7) is 4.66. The summed E-state index contributed by atoms with van der Waals surface area (Å²) in [4.78, 5) is 26.8. The van der Waals surface area contributed by atoms with Crippen LogP contribution in [-0.2, 0) is 9.59 Å². The van der Waals surface area contributed by atoms with Gasteiger partial charge in [-0.05, 0) is 48.2 Å². The highest BCUT2D eigenvalue weighted by Gasteiger charge is 2.35. The average molecular weight is 371 g/mol. The number of carbonyl (C=O) groups is 2. The van der Waals surface area contributed by atoms with Crippen molar-refractivity contribution in [2.45, 2.75) is 32.6 Å². The number of halogens is 1. The van der Waals surface area contributed by atoms with E-state index in [4.69, 9.17) is 11.6 Å². The van der Waals surface area contributed by atoms with E-state index >= 15 is 0 Å². The zero-order chi connectivity index (χ0) is 18.7. The molecule has 1 saturated heterocycles. The van der Waals surface area contributed by atoms with Crippen molar-refractivity contribution in [3.63, 3.8) is 0 Å². The maximum atomic E-state index is 12.7. The Morgan fingerprint density at radius 3 is 2.62 bits per heavy atom. The first-order chi connectivity index (χ1) is 12.5. The first kappa shape index (κ1) is 18.5. The van der Waals surface area contributed by atoms with Gasteiger partial charge in [-0.15, -0.1) is 0 Å². The topological polar surface area (TPSA) is 49.4 Å². The van der Waals surface area contributed by atoms with Gasteiger partial charge in [0, 0.05) is 29.4 Å². The van der Waals surface area contributed by atoms with Gasteiger partial charge in [0.25, 0.3) is 0 Å². The second kappa shape index (κ2) is 7.92. The molecule has 1 aliphatic heterocycles. The largest absolute Gasteiger partial charge is 0.326 e. The van der Waals surface area contributed by atoms with Crippen LogP contribution >= 0.6 is 11.6 Å². The number of nitrogens with one attached hydrogen (secondary N) is 1. The third-order valence-electron chi connectivity index (χ3n) is 5.00. The molecule has 1 heterocycles. The highest BCUT2D eigenvalue weighted by atomic mass is 35.5. The molecule has 136 valence electrons. The van der Waals surface area contributed by atoms with Crippen LogP contribution in [0.3, 0.4) is 0 Å². The van der Waals surface area contributed by atoms with Crippen molar-refractivity contribution in [1.29, 1.82) is 0 Å². The Bertz CT molecular complexity index is 804. The number of benzene rings is 2. The molecule has 1 fully saturated rings. The van der Waals surface area contributed by atoms with Crippen molar-refractivity contribution >= 4 is 34.8 Å². The number of para-hydroxylation sites is 1. The highest BCUT2D eigenvalue weighted by molar-refractivity contribution is 6.30. The minimum Gasteiger partial charge on any atom is -0.326 e. The molecule has 3 rings (SSSR count). The van der Waals surface area contributed by atoms with Gasteiger partial charge in [-0.25, -0.2) is 0 Å². The summed E-state index contributed by atoms with van der Waals surface area (Å²) in [5.41, 5.74) is 2.74. The van der Waals surface area contributed by atoms with E-state index in [9.17, 15) is 9.59 Å². The van der Waals surface area contributed by atoms with Crippen LogP contribution in [0.5, 0.6) is 0 Å². The third-order valence-corrected chi connectivity index (χ3v) is 5.25. The minimum atomic E-state index is -0.358. The zero-order valence-electron chi connectivity index (χ0n) is 15.0. The fourth-order valence-electron chi connectivity index (χ4n) is 3.25. The van der Waals surface area contributed by atoms with Gasteiger partial charge >= 0.3 is 0 Å². The predicted octanol–water partition coefficient (Wildman–Crippen LogP) is 4.85. The molecule has 2 aromatic rings. The standard InChI is InChI=1S/C21H23ClN2O2/c1-3-14(2)18-6-4-5-7-19(18)23-21(26)15-12-20(25)24(13-15)17-10-8-16(22)9-11-17/h4-11,14-15H,3,12-13H2,1-2H3,(H,23,26)/t14-,15-/m1/s1. The number of carbonyl (C=O) groups excluding carboxylic acids is 2. The lowest BCUT2D eigenvalue weighted by atomic mass is 9.96. The molecule has 1 N–H and O–H groups in total. The van der Waals surface area contributed by atoms with Crippen LogP contribution in [0, 0.1) is 5.92 Å². The molecule has 0 saturated carbocycles. The number of amides is 2. The van der Waals surface area contributed by atoms with E-state index in [0.29, 0.717) is 17.5 Å². The molecule has 0 spiro atoms. The molecular formula is C21H23ClN2O2. The number of anilines is 2. The first-order valence-electron chi connectivity index (χ1n) is 8.95. The lowest BCUT2D eigenvalue weighted by Gasteiger charge is -2.18. The van der Waals surface area contributed by atoms with E-state index in [-0.39, 0.29) is 24.2 Å². The van der Waals surface area contributed by atoms with Crippen molar-refractivity contribution in [3.05, 3.63) is 59.1 Å². The maximum Gasteiger partial charge on any atom is 0.229 e. The summed E-state index contributed by atoms with van der Waals surface area (Å²) in [5, 5.41) is 3.65. The molecule has 0 aromatic heterocycles. The van der Waals surface area contributed by atoms with Crippen LogP contribution < -0.4 is 10.2 Å². The van der Waals surface area contributed by atoms with Crippen LogP contribution in [0.4, 0.5) is 11.4 Å². The minimum absolute atomic E-state index is 0.0392. The normalized spacial score (nSPS) is 18.0. The van der Waals surface area contributed by atoms with Crippen molar-refractivity contribution in [2.75, 3.05) is 16.8 Å². The van der Waals surface area contributed by atoms with E-state index in [1.54, 1.807) is 29.2 Å². The van der Waals surface area contributed by atoms with Gasteiger partial charge in [0.1, 0.15) is 0 Å². The Morgan fingerprint density at radius 1 is 1.23 bits per heavy atom. The SMILES string of the molecule is CC[C@@H](C)c1ccccc1NC(=O)[C@@H]1CC(=O)N(c2ccc(Cl)cc2)C1. The van der Waals surface area contributed by atoms with Crippen molar-refractivity contribution in [2.24, 2.45) is 5.92 Å². The lowest BCUT2D eigenvalue weighted by Crippen LogP contribution is -2.28. The summed E-state index contributed by atoms with van der Waals surface area (Å²) in [5.74, 6) is -0.140. The van der Waals surface area contributed by atoms with E-state index in [0.717, 1.165) is 23.4 Å². The second-order valence-electron chi connectivity index (χ2n) is 6.77. The molecule has 2 aromatic carbocycles. The molecule has 2 atom stereocenters. The molecule has 0 bridgehead atoms. The fraction of sp³-hybridized carbons (Fsp3) is 0.333. The smallest absolute Gasteiger partial charge is 0.229 e. The average Bonchev–Trinajstić information content (AvgIpc) is 3.04. The molecule has 0 unspecified atom stereocenters. The van der Waals surface area contributed by atoms with E-state index in [2.05, 4.69) is 19.2 Å². The van der Waals surface area contributed by atoms with Gasteiger partial charge in [0.2, 0.25) is 11.8 Å². The molecule has 5 heteroatoms. The first-order valence-corrected chi connectivity index (χ1v) is 9.33. The van der Waals surface area contributed by atoms with Gasteiger partial charge < -0.3 is 10.2 Å². The summed E-state index contributed by atoms with van der Waals surface area (Å²) in [6.07, 6.45) is 1.22. The Balaban J connectivity index is 1.72. The van der Waals surface area contributed by atoms with E-state index in [1.807, 2.05) is 24.3 Å². The van der Waals surface area contributed by atoms with Crippen LogP contribution in [0.25, 0.3) is 0 Å². The third kappa shape index (κ3) is 3.91. The fourth-order valence-corrected chi connectivity index (χ4v) is 3.38. The predicted molar refractivity (Wildman–Crippen MR) is 106 cm³/mol. The molecule has 1 aliphatic rings. The Labute approximate surface area is 159 Å². The van der Waals surface area contributed by atoms with Gasteiger partial charge in [0.15, 0.2) is 0 Å². The second-order valence-corrected chi connectivity index (χ2v) is 7.20. The van der Waals surface area contributed by atoms with E-state index in [1.165, 1.54) is 0 Å². The lowest BCUT2D eigenvalue weighted by molar-refractivity contribution is -0.122. The van der Waals surface area contributed by atoms with Gasteiger partial charge in [0.05, 0.1) is 5.92 Å². The summed E-state index contributed by atoms with van der Waals surface area (Å²) >= 11 is 5.91. The van der Waals surface area contributed by atoms with Gasteiger partial charge in [-0.3, -0.25) is 9.59 Å². The summed E-state index contributed by atoms with van der Waals surface area (Å²) < 4.78 is 0. The van der Waals surface area contributed by atoms with Crippen LogP contribution in [-0.4, -0.2) is 18.4 Å². The summed E-state index contributed by atoms with van der Waals surface area (Å²) in [7, 11) is 0. The Morgan fingerprint density at radius 2 is 1.92 bits per heavy atom. The zero-order valence-corrected chi connectivity index (χ0v) is 15.8. The molecule has 4 nitrogen and oxygen atoms in total. The molecule has 0 radical (unpaired) electrons. The van der Waals surface area contributed by atoms with Crippen LogP contribution in [0.15, 0.2) is 48.5 Å². The molecule has 26 heavy (non-hydrogen) atoms. The van der Waals surface area contributed by atoms with Gasteiger partial charge in [-0.2, -0.15) is 0 Å². The quantitative estimate of drug-likeness (QED) is 0.818. The van der Waals surface area contributed by atoms with Crippen molar-refractivity contribution in [3.8, 4) is 0 Å². The molecular weight excluding hydrogens is 348 g/mol. The monoisotopic (exact) mass is 370 g/mol. The van der Waals surface area contributed by atoms with Crippen LogP contribution in [0.2, 0.25) is 5.02 Å². The van der Waals surface area contributed by atoms with Crippen molar-refractivity contribution < 1.29 is 9.59 Å².